The van der Waals surface area contributed by atoms with Gasteiger partial charge in [-0.15, -0.1) is 0 Å². The van der Waals surface area contributed by atoms with Gasteiger partial charge in [-0.3, -0.25) is 9.79 Å². The topological polar surface area (TPSA) is 66.0 Å². The van der Waals surface area contributed by atoms with Crippen molar-refractivity contribution in [3.05, 3.63) is 65.7 Å². The fourth-order valence-electron chi connectivity index (χ4n) is 4.19. The zero-order chi connectivity index (χ0) is 22.2. The number of hydrogen-bond acceptors (Lipinski definition) is 3. The van der Waals surface area contributed by atoms with E-state index in [1.165, 1.54) is 17.5 Å². The van der Waals surface area contributed by atoms with Gasteiger partial charge < -0.3 is 20.3 Å². The second-order valence-corrected chi connectivity index (χ2v) is 8.79. The lowest BCUT2D eigenvalue weighted by Gasteiger charge is -2.22. The number of carbonyl (C=O) groups excluding carboxylic acids is 1. The average Bonchev–Trinajstić information content (AvgIpc) is 3.52. The Hall–Kier alpha value is -3.02. The molecule has 0 spiro atoms. The van der Waals surface area contributed by atoms with Crippen LogP contribution in [0.2, 0.25) is 0 Å². The van der Waals surface area contributed by atoms with Crippen LogP contribution in [0.25, 0.3) is 0 Å². The summed E-state index contributed by atoms with van der Waals surface area (Å²) in [5.41, 5.74) is 2.64. The van der Waals surface area contributed by atoms with E-state index in [1.54, 1.807) is 0 Å². The Labute approximate surface area is 191 Å². The zero-order valence-electron chi connectivity index (χ0n) is 18.9. The van der Waals surface area contributed by atoms with Crippen molar-refractivity contribution in [1.29, 1.82) is 0 Å². The van der Waals surface area contributed by atoms with E-state index in [0.29, 0.717) is 12.0 Å². The maximum absolute atomic E-state index is 11.7. The molecule has 2 N–H and O–H groups in total. The normalized spacial score (nSPS) is 18.5. The molecule has 1 unspecified atom stereocenters. The van der Waals surface area contributed by atoms with Gasteiger partial charge >= 0.3 is 0 Å². The number of amides is 1. The molecule has 170 valence electrons. The quantitative estimate of drug-likeness (QED) is 0.470. The molecule has 1 aliphatic carbocycles. The van der Waals surface area contributed by atoms with Gasteiger partial charge in [0.2, 0.25) is 0 Å². The summed E-state index contributed by atoms with van der Waals surface area (Å²) < 4.78 is 5.58. The minimum Gasteiger partial charge on any atom is -0.484 e. The fourth-order valence-corrected chi connectivity index (χ4v) is 4.19. The Morgan fingerprint density at radius 2 is 1.84 bits per heavy atom. The van der Waals surface area contributed by atoms with Crippen molar-refractivity contribution in [2.75, 3.05) is 33.3 Å². The molecule has 0 bridgehead atoms. The van der Waals surface area contributed by atoms with Gasteiger partial charge in [0, 0.05) is 32.7 Å². The third-order valence-electron chi connectivity index (χ3n) is 6.10. The highest BCUT2D eigenvalue weighted by Crippen LogP contribution is 2.21. The van der Waals surface area contributed by atoms with E-state index in [4.69, 9.17) is 4.74 Å². The van der Waals surface area contributed by atoms with Crippen LogP contribution in [0.3, 0.4) is 0 Å². The Morgan fingerprint density at radius 1 is 1.06 bits per heavy atom. The summed E-state index contributed by atoms with van der Waals surface area (Å²) in [4.78, 5) is 18.6. The number of nitrogens with zero attached hydrogens (tertiary/aromatic N) is 2. The zero-order valence-corrected chi connectivity index (χ0v) is 18.9. The van der Waals surface area contributed by atoms with Crippen molar-refractivity contribution >= 4 is 11.9 Å². The number of hydrogen-bond donors (Lipinski definition) is 2. The van der Waals surface area contributed by atoms with E-state index >= 15 is 0 Å². The highest BCUT2D eigenvalue weighted by molar-refractivity contribution is 5.80. The van der Waals surface area contributed by atoms with Gasteiger partial charge in [0.15, 0.2) is 12.6 Å². The van der Waals surface area contributed by atoms with Gasteiger partial charge in [-0.1, -0.05) is 42.5 Å². The number of rotatable bonds is 9. The lowest BCUT2D eigenvalue weighted by Crippen LogP contribution is -2.41. The number of ether oxygens (including phenoxy) is 1. The summed E-state index contributed by atoms with van der Waals surface area (Å²) >= 11 is 0. The second-order valence-electron chi connectivity index (χ2n) is 8.79. The number of nitrogens with one attached hydrogen (secondary N) is 2. The van der Waals surface area contributed by atoms with Gasteiger partial charge in [-0.05, 0) is 61.3 Å². The predicted molar refractivity (Wildman–Crippen MR) is 128 cm³/mol. The highest BCUT2D eigenvalue weighted by atomic mass is 16.5. The summed E-state index contributed by atoms with van der Waals surface area (Å²) in [5, 5.41) is 6.44. The Bertz CT molecular complexity index is 894. The first-order valence-corrected chi connectivity index (χ1v) is 11.7. The number of guanidine groups is 1. The number of likely N-dealkylation sites (tertiary alicyclic amines) is 1. The Balaban J connectivity index is 1.16. The third kappa shape index (κ3) is 6.74. The molecule has 2 fully saturated rings. The Morgan fingerprint density at radius 3 is 2.56 bits per heavy atom. The van der Waals surface area contributed by atoms with E-state index in [1.807, 2.05) is 19.2 Å². The first-order valence-electron chi connectivity index (χ1n) is 11.7. The van der Waals surface area contributed by atoms with E-state index in [2.05, 4.69) is 63.0 Å². The number of aliphatic imine (C=N–C) groups is 1. The van der Waals surface area contributed by atoms with Crippen LogP contribution in [0.15, 0.2) is 59.6 Å². The van der Waals surface area contributed by atoms with Gasteiger partial charge in [-0.2, -0.15) is 0 Å². The molecule has 1 atom stereocenters. The molecule has 1 saturated heterocycles. The predicted octanol–water partition coefficient (Wildman–Crippen LogP) is 3.03. The monoisotopic (exact) mass is 434 g/mol. The minimum atomic E-state index is -0.0416. The molecule has 4 rings (SSSR count). The van der Waals surface area contributed by atoms with Crippen molar-refractivity contribution in [1.82, 2.24) is 15.5 Å². The molecular weight excluding hydrogens is 400 g/mol. The van der Waals surface area contributed by atoms with Crippen LogP contribution in [0.4, 0.5) is 0 Å². The van der Waals surface area contributed by atoms with Crippen LogP contribution in [0, 0.1) is 5.92 Å². The van der Waals surface area contributed by atoms with Crippen LogP contribution < -0.4 is 15.4 Å². The molecule has 32 heavy (non-hydrogen) atoms. The van der Waals surface area contributed by atoms with Crippen LogP contribution in [-0.4, -0.2) is 56.1 Å². The standard InChI is InChI=1S/C26H34N4O2/c1-27-26(30-16-14-22(18-30)17-21-5-3-2-4-6-21)28-15-13-20-7-11-24(12-8-20)32-19-25(31)29-23-9-10-23/h2-8,11-12,22-23H,9-10,13-19H2,1H3,(H,27,28)(H,29,31). The molecule has 1 heterocycles. The van der Waals surface area contributed by atoms with E-state index in [-0.39, 0.29) is 12.5 Å². The van der Waals surface area contributed by atoms with Crippen molar-refractivity contribution in [2.24, 2.45) is 10.9 Å². The summed E-state index contributed by atoms with van der Waals surface area (Å²) in [6.45, 7) is 3.01. The van der Waals surface area contributed by atoms with Gasteiger partial charge in [0.1, 0.15) is 5.75 Å². The summed E-state index contributed by atoms with van der Waals surface area (Å²) in [7, 11) is 1.86. The van der Waals surface area contributed by atoms with Crippen LogP contribution >= 0.6 is 0 Å². The highest BCUT2D eigenvalue weighted by Gasteiger charge is 2.25. The van der Waals surface area contributed by atoms with Crippen molar-refractivity contribution in [2.45, 2.75) is 38.1 Å². The minimum absolute atomic E-state index is 0.0416. The van der Waals surface area contributed by atoms with Gasteiger partial charge in [0.05, 0.1) is 0 Å². The van der Waals surface area contributed by atoms with Crippen molar-refractivity contribution in [3.63, 3.8) is 0 Å². The number of carbonyl (C=O) groups is 1. The summed E-state index contributed by atoms with van der Waals surface area (Å²) in [6.07, 6.45) is 5.42. The molecule has 2 aliphatic rings. The molecule has 1 saturated carbocycles. The molecule has 2 aromatic carbocycles. The smallest absolute Gasteiger partial charge is 0.258 e. The SMILES string of the molecule is CN=C(NCCc1ccc(OCC(=O)NC2CC2)cc1)N1CCC(Cc2ccccc2)C1. The Kier molecular flexibility index (Phi) is 7.64. The molecule has 1 amide bonds. The largest absolute Gasteiger partial charge is 0.484 e. The molecule has 0 radical (unpaired) electrons. The molecule has 1 aliphatic heterocycles. The van der Waals surface area contributed by atoms with Crippen molar-refractivity contribution in [3.8, 4) is 5.75 Å². The molecule has 6 heteroatoms. The lowest BCUT2D eigenvalue weighted by atomic mass is 9.99. The van der Waals surface area contributed by atoms with Crippen LogP contribution in [0.1, 0.15) is 30.4 Å². The van der Waals surface area contributed by atoms with E-state index in [9.17, 15) is 4.79 Å². The van der Waals surface area contributed by atoms with Gasteiger partial charge in [0.25, 0.3) is 5.91 Å². The maximum Gasteiger partial charge on any atom is 0.258 e. The van der Waals surface area contributed by atoms with Crippen LogP contribution in [0.5, 0.6) is 5.75 Å². The number of benzene rings is 2. The molecular formula is C26H34N4O2. The fraction of sp³-hybridized carbons (Fsp3) is 0.462. The third-order valence-corrected chi connectivity index (χ3v) is 6.10. The molecule has 2 aromatic rings. The van der Waals surface area contributed by atoms with E-state index < -0.39 is 0 Å². The first kappa shape index (κ1) is 22.2. The molecule has 6 nitrogen and oxygen atoms in total. The summed E-state index contributed by atoms with van der Waals surface area (Å²) in [5.74, 6) is 2.35. The van der Waals surface area contributed by atoms with Crippen molar-refractivity contribution < 1.29 is 9.53 Å². The van der Waals surface area contributed by atoms with Crippen LogP contribution in [-0.2, 0) is 17.6 Å². The lowest BCUT2D eigenvalue weighted by molar-refractivity contribution is -0.123. The van der Waals surface area contributed by atoms with Gasteiger partial charge in [-0.25, -0.2) is 0 Å². The second kappa shape index (κ2) is 11.0. The first-order chi connectivity index (χ1) is 15.7. The summed E-state index contributed by atoms with van der Waals surface area (Å²) in [6, 6.07) is 19.1. The maximum atomic E-state index is 11.7. The molecule has 0 aromatic heterocycles. The average molecular weight is 435 g/mol. The van der Waals surface area contributed by atoms with E-state index in [0.717, 1.165) is 57.0 Å².